The summed E-state index contributed by atoms with van der Waals surface area (Å²) in [4.78, 5) is 0. The summed E-state index contributed by atoms with van der Waals surface area (Å²) in [6, 6.07) is 8.28. The first-order valence-corrected chi connectivity index (χ1v) is 13.0. The summed E-state index contributed by atoms with van der Waals surface area (Å²) in [7, 11) is 0. The van der Waals surface area contributed by atoms with E-state index in [0.717, 1.165) is 39.8 Å². The van der Waals surface area contributed by atoms with E-state index in [1.165, 1.54) is 0 Å². The van der Waals surface area contributed by atoms with Crippen molar-refractivity contribution in [2.45, 2.75) is 130 Å². The first-order chi connectivity index (χ1) is 15.7. The second-order valence-corrected chi connectivity index (χ2v) is 14.1. The summed E-state index contributed by atoms with van der Waals surface area (Å²) in [6.07, 6.45) is 1.40. The minimum absolute atomic E-state index is 0.147. The third kappa shape index (κ3) is 6.82. The van der Waals surface area contributed by atoms with Gasteiger partial charge in [0, 0.05) is 11.1 Å². The summed E-state index contributed by atoms with van der Waals surface area (Å²) in [5.74, 6) is 0.724. The van der Waals surface area contributed by atoms with Gasteiger partial charge in [0.2, 0.25) is 0 Å². The van der Waals surface area contributed by atoms with Crippen LogP contribution in [0.4, 0.5) is 0 Å². The molecule has 0 aromatic heterocycles. The molecule has 0 saturated carbocycles. The first-order valence-electron chi connectivity index (χ1n) is 13.0. The fourth-order valence-corrected chi connectivity index (χ4v) is 5.20. The molecule has 0 aliphatic heterocycles. The Balaban J connectivity index is 2.26. The number of aryl methyl sites for hydroxylation is 2. The predicted octanol–water partition coefficient (Wildman–Crippen LogP) is 8.10. The largest absolute Gasteiger partial charge is 0.507 e. The summed E-state index contributed by atoms with van der Waals surface area (Å²) in [5, 5.41) is 33.4. The Kier molecular flexibility index (Phi) is 8.19. The van der Waals surface area contributed by atoms with Crippen molar-refractivity contribution in [3.05, 3.63) is 57.6 Å². The molecule has 3 nitrogen and oxygen atoms in total. The number of hydrogen-bond acceptors (Lipinski definition) is 3. The van der Waals surface area contributed by atoms with Crippen molar-refractivity contribution in [2.75, 3.05) is 0 Å². The average molecular weight is 483 g/mol. The summed E-state index contributed by atoms with van der Waals surface area (Å²) in [5.41, 5.74) is 5.03. The van der Waals surface area contributed by atoms with Crippen LogP contribution in [0.25, 0.3) is 0 Å². The van der Waals surface area contributed by atoms with E-state index in [9.17, 15) is 15.3 Å². The van der Waals surface area contributed by atoms with Gasteiger partial charge in [-0.15, -0.1) is 0 Å². The lowest BCUT2D eigenvalue weighted by atomic mass is 9.72. The van der Waals surface area contributed by atoms with Gasteiger partial charge in [0.15, 0.2) is 0 Å². The molecule has 0 spiro atoms. The van der Waals surface area contributed by atoms with Gasteiger partial charge in [-0.05, 0) is 65.9 Å². The Morgan fingerprint density at radius 1 is 0.600 bits per heavy atom. The Labute approximate surface area is 214 Å². The second kappa shape index (κ2) is 9.81. The van der Waals surface area contributed by atoms with Crippen molar-refractivity contribution in [3.63, 3.8) is 0 Å². The third-order valence-corrected chi connectivity index (χ3v) is 7.43. The first kappa shape index (κ1) is 29.2. The second-order valence-electron chi connectivity index (χ2n) is 14.1. The normalized spacial score (nSPS) is 14.3. The maximum absolute atomic E-state index is 11.1. The zero-order valence-electron chi connectivity index (χ0n) is 24.3. The quantitative estimate of drug-likeness (QED) is 0.373. The van der Waals surface area contributed by atoms with Gasteiger partial charge in [0.05, 0.1) is 6.10 Å². The molecule has 0 amide bonds. The van der Waals surface area contributed by atoms with E-state index >= 15 is 0 Å². The van der Waals surface area contributed by atoms with Gasteiger partial charge in [-0.3, -0.25) is 0 Å². The van der Waals surface area contributed by atoms with Gasteiger partial charge in [-0.2, -0.15) is 0 Å². The van der Waals surface area contributed by atoms with Crippen LogP contribution in [-0.2, 0) is 21.7 Å². The number of phenols is 2. The van der Waals surface area contributed by atoms with Crippen molar-refractivity contribution in [2.24, 2.45) is 0 Å². The van der Waals surface area contributed by atoms with Crippen LogP contribution < -0.4 is 0 Å². The minimum atomic E-state index is -0.517. The minimum Gasteiger partial charge on any atom is -0.507 e. The number of aliphatic hydroxyl groups is 1. The number of phenolic OH excluding ortho intramolecular Hbond substituents is 2. The van der Waals surface area contributed by atoms with E-state index in [4.69, 9.17) is 0 Å². The predicted molar refractivity (Wildman–Crippen MR) is 149 cm³/mol. The van der Waals surface area contributed by atoms with Crippen LogP contribution in [0.5, 0.6) is 11.5 Å². The van der Waals surface area contributed by atoms with Crippen LogP contribution in [0.2, 0.25) is 0 Å². The van der Waals surface area contributed by atoms with E-state index < -0.39 is 6.10 Å². The molecule has 0 heterocycles. The SMILES string of the molecule is Cc1cc(C(C)(C)C)c(O)c(C(C)(C)CCC(O)CC(C)(C)c2cc(C)cc(C(C)(C)C)c2O)c1. The van der Waals surface area contributed by atoms with Crippen molar-refractivity contribution in [3.8, 4) is 11.5 Å². The maximum atomic E-state index is 11.1. The van der Waals surface area contributed by atoms with E-state index in [2.05, 4.69) is 107 Å². The molecule has 1 unspecified atom stereocenters. The van der Waals surface area contributed by atoms with Crippen LogP contribution in [0.15, 0.2) is 24.3 Å². The molecule has 0 aliphatic carbocycles. The lowest BCUT2D eigenvalue weighted by Gasteiger charge is -2.34. The number of benzene rings is 2. The summed E-state index contributed by atoms with van der Waals surface area (Å²) in [6.45, 7) is 25.3. The zero-order valence-corrected chi connectivity index (χ0v) is 24.3. The highest BCUT2D eigenvalue weighted by Gasteiger charge is 2.33. The van der Waals surface area contributed by atoms with Gasteiger partial charge in [-0.1, -0.05) is 105 Å². The molecule has 2 rings (SSSR count). The third-order valence-electron chi connectivity index (χ3n) is 7.43. The van der Waals surface area contributed by atoms with E-state index in [1.807, 2.05) is 0 Å². The van der Waals surface area contributed by atoms with E-state index in [-0.39, 0.29) is 21.7 Å². The highest BCUT2D eigenvalue weighted by molar-refractivity contribution is 5.51. The number of hydrogen-bond donors (Lipinski definition) is 3. The number of aliphatic hydroxyl groups excluding tert-OH is 1. The molecule has 1 atom stereocenters. The van der Waals surface area contributed by atoms with Crippen LogP contribution in [0.1, 0.15) is 122 Å². The Morgan fingerprint density at radius 3 is 1.31 bits per heavy atom. The molecule has 0 radical (unpaired) electrons. The van der Waals surface area contributed by atoms with Gasteiger partial charge >= 0.3 is 0 Å². The zero-order chi connectivity index (χ0) is 27.1. The lowest BCUT2D eigenvalue weighted by molar-refractivity contribution is 0.119. The molecule has 3 heteroatoms. The topological polar surface area (TPSA) is 60.7 Å². The van der Waals surface area contributed by atoms with Crippen molar-refractivity contribution in [1.82, 2.24) is 0 Å². The van der Waals surface area contributed by atoms with E-state index in [1.54, 1.807) is 0 Å². The molecule has 0 aliphatic rings. The van der Waals surface area contributed by atoms with Crippen molar-refractivity contribution < 1.29 is 15.3 Å². The van der Waals surface area contributed by atoms with Crippen molar-refractivity contribution >= 4 is 0 Å². The van der Waals surface area contributed by atoms with Gasteiger partial charge in [0.1, 0.15) is 11.5 Å². The monoisotopic (exact) mass is 482 g/mol. The lowest BCUT2D eigenvalue weighted by Crippen LogP contribution is -2.28. The molecule has 35 heavy (non-hydrogen) atoms. The molecular weight excluding hydrogens is 432 g/mol. The molecule has 2 aromatic rings. The number of aromatic hydroxyl groups is 2. The van der Waals surface area contributed by atoms with Crippen molar-refractivity contribution in [1.29, 1.82) is 0 Å². The van der Waals surface area contributed by atoms with Crippen LogP contribution in [0.3, 0.4) is 0 Å². The molecular formula is C32H50O3. The highest BCUT2D eigenvalue weighted by Crippen LogP contribution is 2.44. The Morgan fingerprint density at radius 2 is 0.943 bits per heavy atom. The molecule has 0 bridgehead atoms. The molecule has 0 saturated heterocycles. The fraction of sp³-hybridized carbons (Fsp3) is 0.625. The molecule has 0 fully saturated rings. The number of rotatable bonds is 7. The summed E-state index contributed by atoms with van der Waals surface area (Å²) < 4.78 is 0. The Bertz CT molecular complexity index is 1050. The molecule has 2 aromatic carbocycles. The highest BCUT2D eigenvalue weighted by atomic mass is 16.3. The van der Waals surface area contributed by atoms with Crippen LogP contribution >= 0.6 is 0 Å². The molecule has 196 valence electrons. The van der Waals surface area contributed by atoms with Gasteiger partial charge in [-0.25, -0.2) is 0 Å². The maximum Gasteiger partial charge on any atom is 0.123 e. The molecule has 3 N–H and O–H groups in total. The summed E-state index contributed by atoms with van der Waals surface area (Å²) >= 11 is 0. The Hall–Kier alpha value is -2.00. The average Bonchev–Trinajstić information content (AvgIpc) is 2.67. The van der Waals surface area contributed by atoms with Gasteiger partial charge < -0.3 is 15.3 Å². The smallest absolute Gasteiger partial charge is 0.123 e. The standard InChI is InChI=1S/C32H50O3/c1-20-15-23(29(3,4)5)27(34)25(17-20)31(9,10)14-13-22(33)19-32(11,12)26-18-21(2)16-24(28(26)35)30(6,7)8/h15-18,22,33-35H,13-14,19H2,1-12H3. The van der Waals surface area contributed by atoms with Crippen LogP contribution in [-0.4, -0.2) is 21.4 Å². The fourth-order valence-electron chi connectivity index (χ4n) is 5.20. The van der Waals surface area contributed by atoms with Crippen LogP contribution in [0, 0.1) is 13.8 Å². The van der Waals surface area contributed by atoms with E-state index in [0.29, 0.717) is 24.3 Å². The van der Waals surface area contributed by atoms with Gasteiger partial charge in [0.25, 0.3) is 0 Å².